The van der Waals surface area contributed by atoms with Gasteiger partial charge in [0.1, 0.15) is 17.9 Å². The van der Waals surface area contributed by atoms with Crippen molar-refractivity contribution in [2.24, 2.45) is 22.0 Å². The topological polar surface area (TPSA) is 138 Å². The van der Waals surface area contributed by atoms with E-state index in [2.05, 4.69) is 30.5 Å². The minimum Gasteiger partial charge on any atom is -0.493 e. The third kappa shape index (κ3) is 6.06. The molecule has 0 bridgehead atoms. The lowest BCUT2D eigenvalue weighted by Gasteiger charge is -2.30. The number of primary amides is 1. The third-order valence-corrected chi connectivity index (χ3v) is 7.10. The molecule has 11 nitrogen and oxygen atoms in total. The number of halogens is 2. The minimum atomic E-state index is -1.15. The van der Waals surface area contributed by atoms with Gasteiger partial charge in [0.15, 0.2) is 18.6 Å². The number of benzene rings is 2. The number of carbonyl (C=O) groups is 1. The van der Waals surface area contributed by atoms with Gasteiger partial charge in [-0.25, -0.2) is 14.4 Å². The number of quaternary nitrogens is 1. The van der Waals surface area contributed by atoms with Crippen LogP contribution in [0.2, 0.25) is 0 Å². The maximum Gasteiger partial charge on any atom is 0.276 e. The largest absolute Gasteiger partial charge is 0.493 e. The second-order valence-electron chi connectivity index (χ2n) is 9.92. The number of ether oxygens (including phenoxy) is 1. The molecular weight excluding hydrogens is 522 g/mol. The lowest BCUT2D eigenvalue weighted by atomic mass is 9.98. The van der Waals surface area contributed by atoms with Crippen LogP contribution in [0, 0.1) is 17.6 Å². The van der Waals surface area contributed by atoms with Crippen molar-refractivity contribution in [3.8, 4) is 5.75 Å². The van der Waals surface area contributed by atoms with E-state index >= 15 is 0 Å². The number of nitrogens with zero attached hydrogens (tertiary/aromatic N) is 6. The van der Waals surface area contributed by atoms with Crippen LogP contribution in [0.1, 0.15) is 19.3 Å². The maximum atomic E-state index is 14.6. The highest BCUT2D eigenvalue weighted by molar-refractivity contribution is 5.90. The first kappa shape index (κ1) is 27.5. The summed E-state index contributed by atoms with van der Waals surface area (Å²) in [4.78, 5) is 22.8. The summed E-state index contributed by atoms with van der Waals surface area (Å²) in [7, 11) is 0. The van der Waals surface area contributed by atoms with E-state index in [-0.39, 0.29) is 18.1 Å². The molecule has 5 rings (SSSR count). The van der Waals surface area contributed by atoms with Crippen molar-refractivity contribution >= 4 is 28.3 Å². The molecular formula is C27H31F2N8O3+. The van der Waals surface area contributed by atoms with Gasteiger partial charge in [0, 0.05) is 35.9 Å². The number of aliphatic hydroxyl groups excluding tert-OH is 1. The van der Waals surface area contributed by atoms with Crippen LogP contribution in [-0.2, 0) is 4.79 Å². The smallest absolute Gasteiger partial charge is 0.276 e. The fourth-order valence-electron chi connectivity index (χ4n) is 4.97. The van der Waals surface area contributed by atoms with Gasteiger partial charge in [0.25, 0.3) is 5.91 Å². The van der Waals surface area contributed by atoms with Crippen LogP contribution in [0.15, 0.2) is 65.1 Å². The van der Waals surface area contributed by atoms with Crippen LogP contribution in [0.25, 0.3) is 10.9 Å². The molecule has 2 aliphatic heterocycles. The fraction of sp³-hybridized carbons (Fsp3) is 0.370. The first-order valence-corrected chi connectivity index (χ1v) is 13.1. The molecule has 1 unspecified atom stereocenters. The zero-order valence-electron chi connectivity index (χ0n) is 21.8. The Morgan fingerprint density at radius 3 is 2.80 bits per heavy atom. The third-order valence-electron chi connectivity index (χ3n) is 7.10. The summed E-state index contributed by atoms with van der Waals surface area (Å²) in [6.45, 7) is 3.33. The average Bonchev–Trinajstić information content (AvgIpc) is 3.35. The van der Waals surface area contributed by atoms with Gasteiger partial charge in [0.05, 0.1) is 12.1 Å². The van der Waals surface area contributed by atoms with Gasteiger partial charge in [-0.15, -0.1) is 4.59 Å². The number of carbonyl (C=O) groups excluding carboxylic acids is 1. The van der Waals surface area contributed by atoms with Crippen LogP contribution < -0.4 is 20.4 Å². The molecule has 210 valence electrons. The fourth-order valence-corrected chi connectivity index (χ4v) is 4.97. The summed E-state index contributed by atoms with van der Waals surface area (Å²) in [6.07, 6.45) is 5.70. The number of nitrogens with two attached hydrogens (primary N) is 1. The van der Waals surface area contributed by atoms with E-state index in [1.807, 2.05) is 18.2 Å². The van der Waals surface area contributed by atoms with Crippen molar-refractivity contribution in [2.45, 2.75) is 19.3 Å². The van der Waals surface area contributed by atoms with E-state index in [0.717, 1.165) is 45.0 Å². The number of hydrogen-bond acceptors (Lipinski definition) is 9. The Hall–Kier alpha value is -4.07. The number of nitrogens with one attached hydrogen (secondary N) is 1. The normalized spacial score (nSPS) is 19.6. The molecule has 2 aliphatic rings. The standard InChI is InChI=1S/C27H30F2N8O3/c28-21-3-1-4-23(26(21)29)37(14-24(30)39)15-25(34-35-37)33-27-20-6-5-19(13-22(20)31-17-32-27)40-12-2-9-36-10-7-18(16-38)8-11-36/h1,3-6,13,15,17-18,38H,2,7-12,14,16H2,(H2-,30,31,32,33,39)/p+1. The number of aromatic nitrogens is 2. The average molecular weight is 554 g/mol. The van der Waals surface area contributed by atoms with Gasteiger partial charge in [-0.1, -0.05) is 11.2 Å². The Labute approximate surface area is 229 Å². The molecule has 1 atom stereocenters. The molecule has 1 aromatic heterocycles. The molecule has 1 saturated heterocycles. The van der Waals surface area contributed by atoms with E-state index in [1.165, 1.54) is 24.7 Å². The summed E-state index contributed by atoms with van der Waals surface area (Å²) in [5, 5.41) is 21.1. The van der Waals surface area contributed by atoms with Gasteiger partial charge in [-0.3, -0.25) is 4.79 Å². The van der Waals surface area contributed by atoms with Crippen LogP contribution >= 0.6 is 0 Å². The van der Waals surface area contributed by atoms with E-state index in [4.69, 9.17) is 10.5 Å². The van der Waals surface area contributed by atoms with Gasteiger partial charge < -0.3 is 25.8 Å². The number of anilines is 1. The zero-order valence-corrected chi connectivity index (χ0v) is 21.8. The SMILES string of the molecule is NC(=O)C[N+]1(c2cccc(F)c2F)C=C(Nc2ncnc3cc(OCCCN4CCC(CO)CC4)ccc23)N=N1. The summed E-state index contributed by atoms with van der Waals surface area (Å²) < 4.78 is 33.8. The number of hydrogen-bond donors (Lipinski definition) is 3. The van der Waals surface area contributed by atoms with E-state index in [9.17, 15) is 18.7 Å². The van der Waals surface area contributed by atoms with E-state index in [1.54, 1.807) is 0 Å². The number of likely N-dealkylation sites (tertiary alicyclic amines) is 1. The highest BCUT2D eigenvalue weighted by atomic mass is 19.2. The highest BCUT2D eigenvalue weighted by Crippen LogP contribution is 2.35. The number of fused-ring (bicyclic) bond motifs is 1. The number of amides is 1. The molecule has 13 heteroatoms. The molecule has 3 heterocycles. The van der Waals surface area contributed by atoms with E-state index in [0.29, 0.717) is 35.0 Å². The molecule has 0 aliphatic carbocycles. The Kier molecular flexibility index (Phi) is 8.24. The molecule has 0 saturated carbocycles. The molecule has 3 aromatic rings. The second kappa shape index (κ2) is 12.0. The Balaban J connectivity index is 1.26. The molecule has 0 radical (unpaired) electrons. The number of rotatable bonds is 11. The van der Waals surface area contributed by atoms with Crippen LogP contribution in [-0.4, -0.2) is 65.3 Å². The minimum absolute atomic E-state index is 0.174. The van der Waals surface area contributed by atoms with E-state index < -0.39 is 28.7 Å². The van der Waals surface area contributed by atoms with Gasteiger partial charge in [-0.05, 0) is 56.5 Å². The summed E-state index contributed by atoms with van der Waals surface area (Å²) in [5.74, 6) is -1.31. The van der Waals surface area contributed by atoms with Crippen molar-refractivity contribution in [2.75, 3.05) is 44.7 Å². The molecule has 40 heavy (non-hydrogen) atoms. The van der Waals surface area contributed by atoms with Gasteiger partial charge in [-0.2, -0.15) is 4.39 Å². The summed E-state index contributed by atoms with van der Waals surface area (Å²) in [6, 6.07) is 9.07. The van der Waals surface area contributed by atoms with Crippen molar-refractivity contribution < 1.29 is 23.4 Å². The molecule has 2 aromatic carbocycles. The predicted molar refractivity (Wildman–Crippen MR) is 145 cm³/mol. The summed E-state index contributed by atoms with van der Waals surface area (Å²) in [5.41, 5.74) is 5.82. The van der Waals surface area contributed by atoms with Crippen LogP contribution in [0.3, 0.4) is 0 Å². The monoisotopic (exact) mass is 553 g/mol. The predicted octanol–water partition coefficient (Wildman–Crippen LogP) is 3.47. The Bertz CT molecular complexity index is 1440. The lowest BCUT2D eigenvalue weighted by molar-refractivity contribution is -0.118. The molecule has 1 amide bonds. The molecule has 4 N–H and O–H groups in total. The second-order valence-corrected chi connectivity index (χ2v) is 9.92. The summed E-state index contributed by atoms with van der Waals surface area (Å²) >= 11 is 0. The first-order valence-electron chi connectivity index (χ1n) is 13.1. The molecule has 1 fully saturated rings. The van der Waals surface area contributed by atoms with Crippen molar-refractivity contribution in [3.63, 3.8) is 0 Å². The Morgan fingerprint density at radius 1 is 1.20 bits per heavy atom. The lowest BCUT2D eigenvalue weighted by Crippen LogP contribution is -2.44. The first-order chi connectivity index (χ1) is 19.4. The quantitative estimate of drug-likeness (QED) is 0.244. The number of aliphatic hydroxyl groups is 1. The zero-order chi connectivity index (χ0) is 28.1. The Morgan fingerprint density at radius 2 is 2.02 bits per heavy atom. The maximum absolute atomic E-state index is 14.6. The van der Waals surface area contributed by atoms with Gasteiger partial charge >= 0.3 is 0 Å². The number of piperidine rings is 1. The highest BCUT2D eigenvalue weighted by Gasteiger charge is 2.41. The van der Waals surface area contributed by atoms with Crippen molar-refractivity contribution in [1.29, 1.82) is 0 Å². The van der Waals surface area contributed by atoms with Gasteiger partial charge in [0.2, 0.25) is 17.3 Å². The van der Waals surface area contributed by atoms with Crippen LogP contribution in [0.5, 0.6) is 5.75 Å². The molecule has 0 spiro atoms. The van der Waals surface area contributed by atoms with Crippen molar-refractivity contribution in [3.05, 3.63) is 66.4 Å². The van der Waals surface area contributed by atoms with Crippen molar-refractivity contribution in [1.82, 2.24) is 19.5 Å². The van der Waals surface area contributed by atoms with Crippen LogP contribution in [0.4, 0.5) is 20.3 Å².